The van der Waals surface area contributed by atoms with Crippen LogP contribution < -0.4 is 4.90 Å². The van der Waals surface area contributed by atoms with Crippen molar-refractivity contribution in [2.24, 2.45) is 4.99 Å². The SMILES string of the molecule is CCN(CCO)c1ccc(N=C2C(c3cc(Cl)ccc3Cl)=C(C(C)=O)c3nc(-c4ccc(Cl)cc4)nn32)cc1. The normalized spacial score (nSPS) is 13.7. The summed E-state index contributed by atoms with van der Waals surface area (Å²) < 4.78 is 1.57. The zero-order valence-electron chi connectivity index (χ0n) is 21.2. The Labute approximate surface area is 241 Å². The van der Waals surface area contributed by atoms with Gasteiger partial charge < -0.3 is 10.0 Å². The maximum atomic E-state index is 13.1. The van der Waals surface area contributed by atoms with E-state index in [1.165, 1.54) is 6.92 Å². The highest BCUT2D eigenvalue weighted by Gasteiger charge is 2.36. The maximum Gasteiger partial charge on any atom is 0.182 e. The molecular weight excluding hydrogens is 557 g/mol. The average Bonchev–Trinajstić information content (AvgIpc) is 3.47. The number of likely N-dealkylation sites (N-methyl/N-ethyl adjacent to an activating group) is 1. The summed E-state index contributed by atoms with van der Waals surface area (Å²) in [5.41, 5.74) is 3.77. The molecule has 0 unspecified atom stereocenters. The van der Waals surface area contributed by atoms with E-state index < -0.39 is 0 Å². The van der Waals surface area contributed by atoms with Gasteiger partial charge in [0, 0.05) is 50.5 Å². The van der Waals surface area contributed by atoms with Crippen LogP contribution in [0.1, 0.15) is 25.2 Å². The van der Waals surface area contributed by atoms with Gasteiger partial charge in [-0.2, -0.15) is 4.68 Å². The van der Waals surface area contributed by atoms with Crippen LogP contribution in [0.2, 0.25) is 15.1 Å². The smallest absolute Gasteiger partial charge is 0.182 e. The molecular formula is C29H24Cl3N5O2. The molecule has 1 aliphatic heterocycles. The largest absolute Gasteiger partial charge is 0.395 e. The second-order valence-electron chi connectivity index (χ2n) is 8.86. The third-order valence-electron chi connectivity index (χ3n) is 6.36. The molecule has 0 atom stereocenters. The molecule has 1 aromatic heterocycles. The molecule has 4 aromatic rings. The molecule has 3 aromatic carbocycles. The van der Waals surface area contributed by atoms with Gasteiger partial charge in [0.2, 0.25) is 0 Å². The molecule has 0 saturated heterocycles. The van der Waals surface area contributed by atoms with Crippen LogP contribution in [0.4, 0.5) is 11.4 Å². The fourth-order valence-corrected chi connectivity index (χ4v) is 5.01. The van der Waals surface area contributed by atoms with Gasteiger partial charge in [-0.3, -0.25) is 4.79 Å². The number of allylic oxidation sites excluding steroid dienone is 2. The lowest BCUT2D eigenvalue weighted by molar-refractivity contribution is -0.111. The van der Waals surface area contributed by atoms with Gasteiger partial charge in [-0.15, -0.1) is 5.10 Å². The maximum absolute atomic E-state index is 13.1. The monoisotopic (exact) mass is 579 g/mol. The van der Waals surface area contributed by atoms with Crippen molar-refractivity contribution in [3.63, 3.8) is 0 Å². The standard InChI is InChI=1S/C29H24Cl3N5O2/c1-3-36(14-15-38)22-11-9-21(10-12-22)33-29-26(23-16-20(31)8-13-24(23)32)25(17(2)39)28-34-27(35-37(28)29)18-4-6-19(30)7-5-18/h4-13,16,38H,3,14-15H2,1-2H3. The van der Waals surface area contributed by atoms with Crippen molar-refractivity contribution in [2.45, 2.75) is 13.8 Å². The summed E-state index contributed by atoms with van der Waals surface area (Å²) in [6.07, 6.45) is 0. The minimum Gasteiger partial charge on any atom is -0.395 e. The number of nitrogens with zero attached hydrogens (tertiary/aromatic N) is 5. The summed E-state index contributed by atoms with van der Waals surface area (Å²) >= 11 is 19.0. The van der Waals surface area contributed by atoms with Crippen molar-refractivity contribution in [2.75, 3.05) is 24.6 Å². The van der Waals surface area contributed by atoms with Gasteiger partial charge in [0.1, 0.15) is 0 Å². The van der Waals surface area contributed by atoms with E-state index in [2.05, 4.69) is 4.90 Å². The Morgan fingerprint density at radius 2 is 1.69 bits per heavy atom. The first-order valence-electron chi connectivity index (χ1n) is 12.3. The van der Waals surface area contributed by atoms with Crippen molar-refractivity contribution < 1.29 is 9.90 Å². The van der Waals surface area contributed by atoms with Gasteiger partial charge in [-0.05, 0) is 80.6 Å². The number of aromatic nitrogens is 3. The quantitative estimate of drug-likeness (QED) is 0.247. The molecule has 5 rings (SSSR count). The minimum absolute atomic E-state index is 0.0608. The number of anilines is 1. The minimum atomic E-state index is -0.208. The Balaban J connectivity index is 1.70. The van der Waals surface area contributed by atoms with Crippen LogP contribution in [-0.2, 0) is 4.79 Å². The average molecular weight is 581 g/mol. The van der Waals surface area contributed by atoms with Crippen molar-refractivity contribution in [1.82, 2.24) is 14.8 Å². The molecule has 0 radical (unpaired) electrons. The lowest BCUT2D eigenvalue weighted by atomic mass is 9.98. The number of hydrogen-bond donors (Lipinski definition) is 1. The number of rotatable bonds is 8. The topological polar surface area (TPSA) is 83.6 Å². The van der Waals surface area contributed by atoms with Crippen LogP contribution in [0.5, 0.6) is 0 Å². The van der Waals surface area contributed by atoms with Gasteiger partial charge >= 0.3 is 0 Å². The molecule has 0 aliphatic carbocycles. The molecule has 0 amide bonds. The Hall–Kier alpha value is -3.49. The zero-order valence-corrected chi connectivity index (χ0v) is 23.5. The Morgan fingerprint density at radius 1 is 1.00 bits per heavy atom. The first-order chi connectivity index (χ1) is 18.8. The number of aliphatic imine (C=N–C) groups is 1. The molecule has 198 valence electrons. The summed E-state index contributed by atoms with van der Waals surface area (Å²) in [7, 11) is 0. The van der Waals surface area contributed by atoms with E-state index in [4.69, 9.17) is 49.9 Å². The number of carbonyl (C=O) groups is 1. The Morgan fingerprint density at radius 3 is 2.33 bits per heavy atom. The number of fused-ring (bicyclic) bond motifs is 1. The van der Waals surface area contributed by atoms with Crippen LogP contribution in [0.3, 0.4) is 0 Å². The highest BCUT2D eigenvalue weighted by atomic mass is 35.5. The second kappa shape index (κ2) is 11.3. The van der Waals surface area contributed by atoms with E-state index in [0.29, 0.717) is 61.5 Å². The number of aliphatic hydroxyl groups excluding tert-OH is 1. The van der Waals surface area contributed by atoms with Crippen molar-refractivity contribution >= 4 is 68.9 Å². The molecule has 1 N–H and O–H groups in total. The lowest BCUT2D eigenvalue weighted by Gasteiger charge is -2.21. The molecule has 39 heavy (non-hydrogen) atoms. The molecule has 0 spiro atoms. The highest BCUT2D eigenvalue weighted by Crippen LogP contribution is 2.40. The molecule has 2 heterocycles. The fourth-order valence-electron chi connectivity index (χ4n) is 4.50. The van der Waals surface area contributed by atoms with Crippen molar-refractivity contribution in [3.8, 4) is 11.4 Å². The van der Waals surface area contributed by atoms with E-state index in [0.717, 1.165) is 17.8 Å². The van der Waals surface area contributed by atoms with Gasteiger partial charge in [0.15, 0.2) is 23.3 Å². The first kappa shape index (κ1) is 27.1. The Kier molecular flexibility index (Phi) is 7.86. The molecule has 0 fully saturated rings. The number of Topliss-reactive ketones (excluding diaryl/α,β-unsaturated/α-hetero) is 1. The van der Waals surface area contributed by atoms with Crippen molar-refractivity contribution in [3.05, 3.63) is 93.2 Å². The van der Waals surface area contributed by atoms with E-state index in [1.54, 1.807) is 35.0 Å². The van der Waals surface area contributed by atoms with Crippen molar-refractivity contribution in [1.29, 1.82) is 0 Å². The second-order valence-corrected chi connectivity index (χ2v) is 10.1. The van der Waals surface area contributed by atoms with Crippen LogP contribution in [0.15, 0.2) is 71.7 Å². The van der Waals surface area contributed by atoms with Crippen LogP contribution in [0.25, 0.3) is 22.5 Å². The Bertz CT molecular complexity index is 1610. The predicted octanol–water partition coefficient (Wildman–Crippen LogP) is 6.82. The van der Waals surface area contributed by atoms with Gasteiger partial charge in [0.25, 0.3) is 0 Å². The summed E-state index contributed by atoms with van der Waals surface area (Å²) in [6.45, 7) is 4.86. The number of benzene rings is 3. The number of ketones is 1. The number of hydrogen-bond acceptors (Lipinski definition) is 6. The van der Waals surface area contributed by atoms with Gasteiger partial charge in [-0.25, -0.2) is 9.98 Å². The fraction of sp³-hybridized carbons (Fsp3) is 0.172. The highest BCUT2D eigenvalue weighted by molar-refractivity contribution is 6.47. The summed E-state index contributed by atoms with van der Waals surface area (Å²) in [5.74, 6) is 0.999. The van der Waals surface area contributed by atoms with Gasteiger partial charge in [0.05, 0.1) is 17.9 Å². The molecule has 1 aliphatic rings. The summed E-state index contributed by atoms with van der Waals surface area (Å²) in [4.78, 5) is 24.8. The number of halogens is 3. The van der Waals surface area contributed by atoms with Crippen LogP contribution in [0, 0.1) is 0 Å². The molecule has 10 heteroatoms. The third-order valence-corrected chi connectivity index (χ3v) is 7.18. The zero-order chi connectivity index (χ0) is 27.7. The van der Waals surface area contributed by atoms with E-state index in [9.17, 15) is 9.90 Å². The first-order valence-corrected chi connectivity index (χ1v) is 13.4. The molecule has 7 nitrogen and oxygen atoms in total. The summed E-state index contributed by atoms with van der Waals surface area (Å²) in [6, 6.07) is 19.9. The van der Waals surface area contributed by atoms with E-state index >= 15 is 0 Å². The third kappa shape index (κ3) is 5.36. The number of aliphatic hydroxyl groups is 1. The molecule has 0 saturated carbocycles. The predicted molar refractivity (Wildman–Crippen MR) is 158 cm³/mol. The van der Waals surface area contributed by atoms with Gasteiger partial charge in [-0.1, -0.05) is 34.8 Å². The summed E-state index contributed by atoms with van der Waals surface area (Å²) in [5, 5.41) is 15.6. The molecule has 0 bridgehead atoms. The van der Waals surface area contributed by atoms with E-state index in [1.807, 2.05) is 43.3 Å². The van der Waals surface area contributed by atoms with Crippen LogP contribution >= 0.6 is 34.8 Å². The number of carbonyl (C=O) groups excluding carboxylic acids is 1. The van der Waals surface area contributed by atoms with Crippen LogP contribution in [-0.4, -0.2) is 51.2 Å². The lowest BCUT2D eigenvalue weighted by Crippen LogP contribution is -2.25. The van der Waals surface area contributed by atoms with E-state index in [-0.39, 0.29) is 12.4 Å².